The minimum Gasteiger partial charge on any atom is -0.326 e. The van der Waals surface area contributed by atoms with Crippen LogP contribution in [0.3, 0.4) is 0 Å². The van der Waals surface area contributed by atoms with Gasteiger partial charge in [0.2, 0.25) is 5.91 Å². The molecule has 1 aliphatic rings. The number of carbonyl (C=O) groups excluding carboxylic acids is 1. The second-order valence-electron chi connectivity index (χ2n) is 7.89. The minimum atomic E-state index is -0.0425. The van der Waals surface area contributed by atoms with Crippen molar-refractivity contribution in [1.82, 2.24) is 4.90 Å². The van der Waals surface area contributed by atoms with Crippen LogP contribution in [0.5, 0.6) is 0 Å². The van der Waals surface area contributed by atoms with Crippen molar-refractivity contribution in [1.29, 1.82) is 5.26 Å². The maximum absolute atomic E-state index is 11.2. The molecule has 1 aromatic carbocycles. The second-order valence-corrected chi connectivity index (χ2v) is 7.89. The number of hydrogen-bond donors (Lipinski definition) is 1. The minimum absolute atomic E-state index is 0.0425. The maximum Gasteiger partial charge on any atom is 0.221 e. The lowest BCUT2D eigenvalue weighted by atomic mass is 9.64. The Labute approximate surface area is 152 Å². The highest BCUT2D eigenvalue weighted by Crippen LogP contribution is 2.45. The Kier molecular flexibility index (Phi) is 6.61. The third kappa shape index (κ3) is 5.06. The Morgan fingerprint density at radius 1 is 1.32 bits per heavy atom. The molecule has 1 aliphatic heterocycles. The van der Waals surface area contributed by atoms with Crippen molar-refractivity contribution in [3.63, 3.8) is 0 Å². The third-order valence-electron chi connectivity index (χ3n) is 5.90. The van der Waals surface area contributed by atoms with Crippen LogP contribution in [-0.4, -0.2) is 23.9 Å². The van der Waals surface area contributed by atoms with E-state index in [4.69, 9.17) is 0 Å². The zero-order chi connectivity index (χ0) is 18.4. The lowest BCUT2D eigenvalue weighted by Gasteiger charge is -2.46. The molecule has 0 aromatic heterocycles. The van der Waals surface area contributed by atoms with E-state index in [2.05, 4.69) is 49.2 Å². The molecule has 1 N–H and O–H groups in total. The smallest absolute Gasteiger partial charge is 0.221 e. The van der Waals surface area contributed by atoms with Gasteiger partial charge in [0, 0.05) is 25.6 Å². The molecular weight excluding hydrogens is 310 g/mol. The molecule has 2 rings (SSSR count). The molecule has 0 bridgehead atoms. The molecule has 1 amide bonds. The van der Waals surface area contributed by atoms with Crippen molar-refractivity contribution >= 4 is 11.6 Å². The van der Waals surface area contributed by atoms with Crippen LogP contribution in [0.25, 0.3) is 0 Å². The highest BCUT2D eigenvalue weighted by atomic mass is 16.1. The van der Waals surface area contributed by atoms with Crippen LogP contribution in [-0.2, 0) is 11.3 Å². The summed E-state index contributed by atoms with van der Waals surface area (Å²) < 4.78 is 0. The number of anilines is 1. The van der Waals surface area contributed by atoms with Gasteiger partial charge in [0.1, 0.15) is 0 Å². The van der Waals surface area contributed by atoms with Crippen molar-refractivity contribution in [2.45, 2.75) is 53.5 Å². The molecule has 4 heteroatoms. The van der Waals surface area contributed by atoms with Gasteiger partial charge in [-0.2, -0.15) is 5.26 Å². The van der Waals surface area contributed by atoms with Gasteiger partial charge in [0.15, 0.2) is 0 Å². The topological polar surface area (TPSA) is 56.1 Å². The first-order chi connectivity index (χ1) is 11.9. The molecule has 0 aliphatic carbocycles. The summed E-state index contributed by atoms with van der Waals surface area (Å²) in [4.78, 5) is 13.7. The van der Waals surface area contributed by atoms with E-state index in [-0.39, 0.29) is 11.3 Å². The van der Waals surface area contributed by atoms with E-state index in [1.807, 2.05) is 12.1 Å². The van der Waals surface area contributed by atoms with Crippen LogP contribution in [0.1, 0.15) is 52.5 Å². The van der Waals surface area contributed by atoms with Crippen LogP contribution in [0, 0.1) is 28.6 Å². The summed E-state index contributed by atoms with van der Waals surface area (Å²) in [5, 5.41) is 12.2. The Balaban J connectivity index is 2.00. The molecular formula is C21H31N3O. The van der Waals surface area contributed by atoms with E-state index in [0.717, 1.165) is 38.2 Å². The number of carbonyl (C=O) groups is 1. The van der Waals surface area contributed by atoms with Gasteiger partial charge in [-0.3, -0.25) is 9.69 Å². The van der Waals surface area contributed by atoms with Crippen LogP contribution in [0.4, 0.5) is 5.69 Å². The van der Waals surface area contributed by atoms with Crippen LogP contribution in [0.2, 0.25) is 0 Å². The molecule has 0 radical (unpaired) electrons. The number of likely N-dealkylation sites (tertiary alicyclic amines) is 1. The Morgan fingerprint density at radius 2 is 2.00 bits per heavy atom. The molecule has 0 spiro atoms. The first-order valence-electron chi connectivity index (χ1n) is 9.32. The SMILES string of the molecule is CC(=O)Nc1cccc(CN2CCC(CC#N)(C(C)C(C)C)CC2)c1. The summed E-state index contributed by atoms with van der Waals surface area (Å²) in [6, 6.07) is 10.5. The monoisotopic (exact) mass is 341 g/mol. The summed E-state index contributed by atoms with van der Waals surface area (Å²) in [5.41, 5.74) is 2.24. The molecule has 4 nitrogen and oxygen atoms in total. The molecule has 1 fully saturated rings. The van der Waals surface area contributed by atoms with E-state index in [1.165, 1.54) is 12.5 Å². The lowest BCUT2D eigenvalue weighted by molar-refractivity contribution is -0.114. The van der Waals surface area contributed by atoms with Gasteiger partial charge in [-0.25, -0.2) is 0 Å². The second kappa shape index (κ2) is 8.49. The van der Waals surface area contributed by atoms with Gasteiger partial charge in [0.25, 0.3) is 0 Å². The van der Waals surface area contributed by atoms with Gasteiger partial charge in [0.05, 0.1) is 6.07 Å². The van der Waals surface area contributed by atoms with Gasteiger partial charge in [-0.05, 0) is 60.9 Å². The largest absolute Gasteiger partial charge is 0.326 e. The normalized spacial score (nSPS) is 18.6. The summed E-state index contributed by atoms with van der Waals surface area (Å²) in [6.45, 7) is 11.3. The molecule has 1 unspecified atom stereocenters. The van der Waals surface area contributed by atoms with Gasteiger partial charge in [-0.15, -0.1) is 0 Å². The Bertz CT molecular complexity index is 624. The average molecular weight is 341 g/mol. The van der Waals surface area contributed by atoms with Crippen molar-refractivity contribution in [2.75, 3.05) is 18.4 Å². The van der Waals surface area contributed by atoms with E-state index in [9.17, 15) is 10.1 Å². The number of nitrogens with zero attached hydrogens (tertiary/aromatic N) is 2. The van der Waals surface area contributed by atoms with Crippen molar-refractivity contribution in [3.05, 3.63) is 29.8 Å². The van der Waals surface area contributed by atoms with Crippen LogP contribution < -0.4 is 5.32 Å². The fourth-order valence-corrected chi connectivity index (χ4v) is 4.02. The molecule has 1 saturated heterocycles. The number of nitriles is 1. The van der Waals surface area contributed by atoms with Crippen LogP contribution in [0.15, 0.2) is 24.3 Å². The molecule has 1 atom stereocenters. The zero-order valence-electron chi connectivity index (χ0n) is 16.0. The fourth-order valence-electron chi connectivity index (χ4n) is 4.02. The van der Waals surface area contributed by atoms with E-state index < -0.39 is 0 Å². The number of benzene rings is 1. The maximum atomic E-state index is 11.2. The predicted molar refractivity (Wildman–Crippen MR) is 102 cm³/mol. The molecule has 1 aromatic rings. The molecule has 0 saturated carbocycles. The predicted octanol–water partition coefficient (Wildman–Crippen LogP) is 4.43. The lowest BCUT2D eigenvalue weighted by Crippen LogP contribution is -2.44. The fraction of sp³-hybridized carbons (Fsp3) is 0.619. The summed E-state index contributed by atoms with van der Waals surface area (Å²) in [6.07, 6.45) is 2.84. The summed E-state index contributed by atoms with van der Waals surface area (Å²) in [7, 11) is 0. The Hall–Kier alpha value is -1.86. The zero-order valence-corrected chi connectivity index (χ0v) is 16.0. The molecule has 25 heavy (non-hydrogen) atoms. The molecule has 1 heterocycles. The van der Waals surface area contributed by atoms with Crippen molar-refractivity contribution in [2.24, 2.45) is 17.3 Å². The first kappa shape index (κ1) is 19.5. The Morgan fingerprint density at radius 3 is 2.56 bits per heavy atom. The summed E-state index contributed by atoms with van der Waals surface area (Å²) in [5.74, 6) is 1.13. The number of piperidine rings is 1. The first-order valence-corrected chi connectivity index (χ1v) is 9.32. The van der Waals surface area contributed by atoms with Crippen molar-refractivity contribution in [3.8, 4) is 6.07 Å². The average Bonchev–Trinajstić information content (AvgIpc) is 2.56. The standard InChI is InChI=1S/C21H31N3O/c1-16(2)17(3)21(8-11-22)9-12-24(13-10-21)15-19-6-5-7-20(14-19)23-18(4)25/h5-7,14,16-17H,8-10,12-13,15H2,1-4H3,(H,23,25). The van der Waals surface area contributed by atoms with E-state index >= 15 is 0 Å². The van der Waals surface area contributed by atoms with Gasteiger partial charge < -0.3 is 5.32 Å². The molecule has 136 valence electrons. The quantitative estimate of drug-likeness (QED) is 0.832. The van der Waals surface area contributed by atoms with E-state index in [0.29, 0.717) is 18.3 Å². The van der Waals surface area contributed by atoms with Gasteiger partial charge >= 0.3 is 0 Å². The number of amides is 1. The van der Waals surface area contributed by atoms with Gasteiger partial charge in [-0.1, -0.05) is 32.9 Å². The highest BCUT2D eigenvalue weighted by Gasteiger charge is 2.40. The number of nitrogens with one attached hydrogen (secondary N) is 1. The number of rotatable bonds is 6. The highest BCUT2D eigenvalue weighted by molar-refractivity contribution is 5.88. The van der Waals surface area contributed by atoms with Crippen molar-refractivity contribution < 1.29 is 4.79 Å². The number of hydrogen-bond acceptors (Lipinski definition) is 3. The van der Waals surface area contributed by atoms with Crippen LogP contribution >= 0.6 is 0 Å². The van der Waals surface area contributed by atoms with E-state index in [1.54, 1.807) is 0 Å². The third-order valence-corrected chi connectivity index (χ3v) is 5.90. The summed E-state index contributed by atoms with van der Waals surface area (Å²) >= 11 is 0.